The zero-order valence-electron chi connectivity index (χ0n) is 15.8. The summed E-state index contributed by atoms with van der Waals surface area (Å²) in [5, 5.41) is 0. The summed E-state index contributed by atoms with van der Waals surface area (Å²) < 4.78 is 32.1. The van der Waals surface area contributed by atoms with E-state index in [1.165, 1.54) is 28.6 Å². The maximum absolute atomic E-state index is 12.8. The van der Waals surface area contributed by atoms with Crippen molar-refractivity contribution in [3.63, 3.8) is 0 Å². The second-order valence-corrected chi connectivity index (χ2v) is 9.62. The van der Waals surface area contributed by atoms with Gasteiger partial charge in [0.15, 0.2) is 12.4 Å². The Morgan fingerprint density at radius 2 is 1.77 bits per heavy atom. The van der Waals surface area contributed by atoms with Crippen molar-refractivity contribution in [1.82, 2.24) is 4.31 Å². The van der Waals surface area contributed by atoms with E-state index in [1.807, 2.05) is 6.92 Å². The lowest BCUT2D eigenvalue weighted by Crippen LogP contribution is -2.41. The molecule has 144 valence electrons. The van der Waals surface area contributed by atoms with E-state index in [-0.39, 0.29) is 28.9 Å². The first-order valence-corrected chi connectivity index (χ1v) is 10.3. The Labute approximate surface area is 155 Å². The van der Waals surface area contributed by atoms with Crippen molar-refractivity contribution >= 4 is 21.8 Å². The molecule has 1 aliphatic rings. The lowest BCUT2D eigenvalue weighted by molar-refractivity contribution is -0.129. The fraction of sp³-hybridized carbons (Fsp3) is 0.579. The van der Waals surface area contributed by atoms with Crippen molar-refractivity contribution in [1.29, 1.82) is 0 Å². The molecule has 1 heterocycles. The highest BCUT2D eigenvalue weighted by Gasteiger charge is 2.31. The number of carbonyl (C=O) groups is 2. The van der Waals surface area contributed by atoms with Crippen LogP contribution in [0.4, 0.5) is 0 Å². The van der Waals surface area contributed by atoms with Gasteiger partial charge in [0, 0.05) is 18.0 Å². The van der Waals surface area contributed by atoms with Gasteiger partial charge in [-0.15, -0.1) is 0 Å². The topological polar surface area (TPSA) is 80.8 Å². The van der Waals surface area contributed by atoms with Gasteiger partial charge < -0.3 is 4.74 Å². The third-order valence-corrected chi connectivity index (χ3v) is 6.64. The number of esters is 1. The average Bonchev–Trinajstić information content (AvgIpc) is 2.58. The van der Waals surface area contributed by atoms with Crippen LogP contribution in [0.25, 0.3) is 0 Å². The highest BCUT2D eigenvalue weighted by Crippen LogP contribution is 2.25. The highest BCUT2D eigenvalue weighted by atomic mass is 32.2. The van der Waals surface area contributed by atoms with Crippen LogP contribution in [0.15, 0.2) is 29.2 Å². The van der Waals surface area contributed by atoms with Gasteiger partial charge in [-0.05, 0) is 44.0 Å². The molecule has 0 N–H and O–H groups in total. The minimum Gasteiger partial charge on any atom is -0.454 e. The molecule has 1 aliphatic heterocycles. The normalized spacial score (nSPS) is 19.2. The van der Waals surface area contributed by atoms with Crippen molar-refractivity contribution in [3.05, 3.63) is 29.8 Å². The molecule has 1 aromatic carbocycles. The van der Waals surface area contributed by atoms with Crippen LogP contribution in [0.3, 0.4) is 0 Å². The van der Waals surface area contributed by atoms with Crippen molar-refractivity contribution in [3.8, 4) is 0 Å². The molecular weight excluding hydrogens is 354 g/mol. The Morgan fingerprint density at radius 1 is 1.15 bits per heavy atom. The van der Waals surface area contributed by atoms with E-state index in [0.717, 1.165) is 19.3 Å². The second kappa shape index (κ2) is 7.88. The fourth-order valence-corrected chi connectivity index (χ4v) is 4.46. The number of benzene rings is 1. The van der Waals surface area contributed by atoms with E-state index in [4.69, 9.17) is 4.74 Å². The Hall–Kier alpha value is -1.73. The molecule has 0 saturated carbocycles. The second-order valence-electron chi connectivity index (χ2n) is 7.73. The van der Waals surface area contributed by atoms with E-state index in [9.17, 15) is 18.0 Å². The van der Waals surface area contributed by atoms with Crippen LogP contribution >= 0.6 is 0 Å². The van der Waals surface area contributed by atoms with Crippen molar-refractivity contribution < 1.29 is 22.7 Å². The van der Waals surface area contributed by atoms with Gasteiger partial charge in [0.2, 0.25) is 10.0 Å². The molecule has 26 heavy (non-hydrogen) atoms. The van der Waals surface area contributed by atoms with Crippen LogP contribution in [-0.4, -0.2) is 43.7 Å². The average molecular weight is 381 g/mol. The molecule has 1 atom stereocenters. The van der Waals surface area contributed by atoms with E-state index < -0.39 is 21.4 Å². The minimum absolute atomic E-state index is 0.0261. The van der Waals surface area contributed by atoms with Crippen LogP contribution in [0, 0.1) is 5.41 Å². The standard InChI is InChI=1S/C19H27NO5S/c1-14-7-5-6-12-20(14)26(23,24)16-10-8-15(9-11-16)18(22)25-13-17(21)19(2,3)4/h8-11,14H,5-7,12-13H2,1-4H3/t14-/m1/s1. The van der Waals surface area contributed by atoms with Crippen LogP contribution < -0.4 is 0 Å². The molecule has 1 saturated heterocycles. The van der Waals surface area contributed by atoms with Crippen LogP contribution in [-0.2, 0) is 19.6 Å². The molecule has 1 aromatic rings. The Balaban J connectivity index is 2.07. The monoisotopic (exact) mass is 381 g/mol. The minimum atomic E-state index is -3.57. The van der Waals surface area contributed by atoms with Gasteiger partial charge in [-0.3, -0.25) is 4.79 Å². The van der Waals surface area contributed by atoms with E-state index in [0.29, 0.717) is 6.54 Å². The van der Waals surface area contributed by atoms with Crippen molar-refractivity contribution in [2.75, 3.05) is 13.2 Å². The summed E-state index contributed by atoms with van der Waals surface area (Å²) in [6.45, 7) is 7.39. The smallest absolute Gasteiger partial charge is 0.338 e. The Morgan fingerprint density at radius 3 is 2.31 bits per heavy atom. The summed E-state index contributed by atoms with van der Waals surface area (Å²) in [7, 11) is -3.57. The van der Waals surface area contributed by atoms with Crippen LogP contribution in [0.1, 0.15) is 57.3 Å². The Kier molecular flexibility index (Phi) is 6.24. The lowest BCUT2D eigenvalue weighted by atomic mass is 9.91. The molecule has 1 fully saturated rings. The van der Waals surface area contributed by atoms with Crippen molar-refractivity contribution in [2.24, 2.45) is 5.41 Å². The predicted octanol–water partition coefficient (Wildman–Crippen LogP) is 3.02. The van der Waals surface area contributed by atoms with Gasteiger partial charge in [-0.1, -0.05) is 27.2 Å². The molecule has 2 rings (SSSR count). The number of Topliss-reactive ketones (excluding diaryl/α,β-unsaturated/α-hetero) is 1. The van der Waals surface area contributed by atoms with Gasteiger partial charge in [-0.25, -0.2) is 13.2 Å². The number of sulfonamides is 1. The van der Waals surface area contributed by atoms with Gasteiger partial charge in [0.1, 0.15) is 0 Å². The first-order chi connectivity index (χ1) is 12.0. The molecule has 0 spiro atoms. The third kappa shape index (κ3) is 4.71. The molecule has 0 aliphatic carbocycles. The summed E-state index contributed by atoms with van der Waals surface area (Å²) in [4.78, 5) is 24.0. The molecule has 0 radical (unpaired) electrons. The number of hydrogen-bond donors (Lipinski definition) is 0. The molecule has 0 amide bonds. The summed E-state index contributed by atoms with van der Waals surface area (Å²) in [6, 6.07) is 5.65. The highest BCUT2D eigenvalue weighted by molar-refractivity contribution is 7.89. The van der Waals surface area contributed by atoms with Gasteiger partial charge in [-0.2, -0.15) is 4.31 Å². The SMILES string of the molecule is C[C@@H]1CCCCN1S(=O)(=O)c1ccc(C(=O)OCC(=O)C(C)(C)C)cc1. The van der Waals surface area contributed by atoms with Crippen LogP contribution in [0.5, 0.6) is 0 Å². The number of rotatable bonds is 5. The molecule has 7 heteroatoms. The number of ketones is 1. The zero-order chi connectivity index (χ0) is 19.5. The Bertz CT molecular complexity index is 762. The number of hydrogen-bond acceptors (Lipinski definition) is 5. The summed E-state index contributed by atoms with van der Waals surface area (Å²) in [6.07, 6.45) is 2.74. The first-order valence-electron chi connectivity index (χ1n) is 8.86. The fourth-order valence-electron chi connectivity index (χ4n) is 2.76. The zero-order valence-corrected chi connectivity index (χ0v) is 16.6. The summed E-state index contributed by atoms with van der Waals surface area (Å²) in [5.74, 6) is -0.818. The number of piperidine rings is 1. The van der Waals surface area contributed by atoms with E-state index in [2.05, 4.69) is 0 Å². The molecule has 0 bridgehead atoms. The van der Waals surface area contributed by atoms with Crippen LogP contribution in [0.2, 0.25) is 0 Å². The van der Waals surface area contributed by atoms with Crippen molar-refractivity contribution in [2.45, 2.75) is 57.9 Å². The first kappa shape index (κ1) is 20.6. The quantitative estimate of drug-likeness (QED) is 0.733. The molecule has 6 nitrogen and oxygen atoms in total. The number of ether oxygens (including phenoxy) is 1. The van der Waals surface area contributed by atoms with Gasteiger partial charge in [0.25, 0.3) is 0 Å². The predicted molar refractivity (Wildman–Crippen MR) is 98.4 cm³/mol. The van der Waals surface area contributed by atoms with E-state index >= 15 is 0 Å². The molecule has 0 unspecified atom stereocenters. The molecular formula is C19H27NO5S. The third-order valence-electron chi connectivity index (χ3n) is 4.61. The van der Waals surface area contributed by atoms with Gasteiger partial charge in [0.05, 0.1) is 10.5 Å². The summed E-state index contributed by atoms with van der Waals surface area (Å²) in [5.41, 5.74) is -0.360. The maximum atomic E-state index is 12.8. The lowest BCUT2D eigenvalue weighted by Gasteiger charge is -2.32. The number of carbonyl (C=O) groups excluding carboxylic acids is 2. The summed E-state index contributed by atoms with van der Waals surface area (Å²) >= 11 is 0. The molecule has 0 aromatic heterocycles. The number of nitrogens with zero attached hydrogens (tertiary/aromatic N) is 1. The largest absolute Gasteiger partial charge is 0.454 e. The van der Waals surface area contributed by atoms with Gasteiger partial charge >= 0.3 is 5.97 Å². The van der Waals surface area contributed by atoms with E-state index in [1.54, 1.807) is 20.8 Å². The maximum Gasteiger partial charge on any atom is 0.338 e.